The van der Waals surface area contributed by atoms with E-state index < -0.39 is 0 Å². The third-order valence-corrected chi connectivity index (χ3v) is 7.76. The van der Waals surface area contributed by atoms with Crippen molar-refractivity contribution in [3.8, 4) is 11.1 Å². The zero-order chi connectivity index (χ0) is 25.2. The summed E-state index contributed by atoms with van der Waals surface area (Å²) < 4.78 is 2.00. The number of aromatic nitrogens is 3. The van der Waals surface area contributed by atoms with E-state index in [1.54, 1.807) is 0 Å². The SMILES string of the molecule is Cn1ncc(-c2ccc3cnc(NC(=O)c4ccc(N5CCCC5)cc4)cc3c2)c1CN1CCCCC1. The van der Waals surface area contributed by atoms with Crippen LogP contribution in [0.15, 0.2) is 60.9 Å². The third-order valence-electron chi connectivity index (χ3n) is 7.76. The molecule has 190 valence electrons. The third kappa shape index (κ3) is 5.09. The molecule has 2 aromatic heterocycles. The van der Waals surface area contributed by atoms with Crippen LogP contribution in [0.2, 0.25) is 0 Å². The molecule has 0 atom stereocenters. The molecule has 7 heteroatoms. The van der Waals surface area contributed by atoms with Gasteiger partial charge >= 0.3 is 0 Å². The second kappa shape index (κ2) is 10.3. The summed E-state index contributed by atoms with van der Waals surface area (Å²) in [5.41, 5.74) is 5.35. The Bertz CT molecular complexity index is 1400. The number of likely N-dealkylation sites (tertiary alicyclic amines) is 1. The lowest BCUT2D eigenvalue weighted by Crippen LogP contribution is -2.30. The lowest BCUT2D eigenvalue weighted by molar-refractivity contribution is 0.102. The van der Waals surface area contributed by atoms with Crippen LogP contribution < -0.4 is 10.2 Å². The van der Waals surface area contributed by atoms with Gasteiger partial charge in [-0.3, -0.25) is 14.4 Å². The van der Waals surface area contributed by atoms with Gasteiger partial charge in [-0.15, -0.1) is 0 Å². The van der Waals surface area contributed by atoms with Gasteiger partial charge < -0.3 is 10.2 Å². The van der Waals surface area contributed by atoms with E-state index in [1.165, 1.54) is 43.5 Å². The number of piperidine rings is 1. The number of nitrogens with zero attached hydrogens (tertiary/aromatic N) is 5. The topological polar surface area (TPSA) is 66.3 Å². The van der Waals surface area contributed by atoms with Crippen molar-refractivity contribution in [1.82, 2.24) is 19.7 Å². The molecule has 2 aromatic carbocycles. The van der Waals surface area contributed by atoms with Gasteiger partial charge in [0.2, 0.25) is 0 Å². The quantitative estimate of drug-likeness (QED) is 0.385. The van der Waals surface area contributed by atoms with Gasteiger partial charge in [-0.2, -0.15) is 5.10 Å². The maximum absolute atomic E-state index is 12.9. The molecule has 2 saturated heterocycles. The Labute approximate surface area is 218 Å². The number of fused-ring (bicyclic) bond motifs is 1. The summed E-state index contributed by atoms with van der Waals surface area (Å²) in [4.78, 5) is 22.3. The molecule has 4 aromatic rings. The van der Waals surface area contributed by atoms with Gasteiger partial charge in [-0.1, -0.05) is 18.6 Å². The van der Waals surface area contributed by atoms with Crippen molar-refractivity contribution in [2.75, 3.05) is 36.4 Å². The van der Waals surface area contributed by atoms with Crippen molar-refractivity contribution in [3.63, 3.8) is 0 Å². The van der Waals surface area contributed by atoms with Crippen LogP contribution >= 0.6 is 0 Å². The van der Waals surface area contributed by atoms with Crippen LogP contribution in [0.3, 0.4) is 0 Å². The number of hydrogen-bond donors (Lipinski definition) is 1. The summed E-state index contributed by atoms with van der Waals surface area (Å²) in [5, 5.41) is 9.64. The number of carbonyl (C=O) groups excluding carboxylic acids is 1. The minimum absolute atomic E-state index is 0.146. The number of hydrogen-bond acceptors (Lipinski definition) is 5. The lowest BCUT2D eigenvalue weighted by atomic mass is 10.0. The second-order valence-corrected chi connectivity index (χ2v) is 10.3. The van der Waals surface area contributed by atoms with Gasteiger partial charge in [-0.05, 0) is 86.1 Å². The molecule has 0 saturated carbocycles. The largest absolute Gasteiger partial charge is 0.372 e. The second-order valence-electron chi connectivity index (χ2n) is 10.3. The molecular formula is C30H34N6O. The Morgan fingerprint density at radius 3 is 2.41 bits per heavy atom. The average Bonchev–Trinajstić information content (AvgIpc) is 3.60. The van der Waals surface area contributed by atoms with Gasteiger partial charge in [0.15, 0.2) is 0 Å². The summed E-state index contributed by atoms with van der Waals surface area (Å²) in [6, 6.07) is 16.2. The van der Waals surface area contributed by atoms with Crippen LogP contribution in [0, 0.1) is 0 Å². The number of pyridine rings is 1. The fourth-order valence-corrected chi connectivity index (χ4v) is 5.59. The molecule has 1 N–H and O–H groups in total. The molecule has 0 bridgehead atoms. The Morgan fingerprint density at radius 1 is 0.865 bits per heavy atom. The summed E-state index contributed by atoms with van der Waals surface area (Å²) in [6.45, 7) is 5.40. The molecule has 0 aliphatic carbocycles. The first-order valence-electron chi connectivity index (χ1n) is 13.4. The van der Waals surface area contributed by atoms with E-state index in [2.05, 4.69) is 43.4 Å². The van der Waals surface area contributed by atoms with E-state index in [1.807, 2.05) is 54.5 Å². The standard InChI is InChI=1S/C30H34N6O/c1-34-28(21-35-13-3-2-4-14-35)27(20-32-34)23-7-8-24-19-31-29(18-25(24)17-23)33-30(37)22-9-11-26(12-10-22)36-15-5-6-16-36/h7-12,17-20H,2-6,13-16,21H2,1H3,(H,31,33,37). The molecule has 0 radical (unpaired) electrons. The zero-order valence-electron chi connectivity index (χ0n) is 21.5. The van der Waals surface area contributed by atoms with E-state index in [-0.39, 0.29) is 5.91 Å². The van der Waals surface area contributed by atoms with Crippen molar-refractivity contribution in [2.45, 2.75) is 38.6 Å². The van der Waals surface area contributed by atoms with E-state index >= 15 is 0 Å². The fraction of sp³-hybridized carbons (Fsp3) is 0.367. The summed E-state index contributed by atoms with van der Waals surface area (Å²) >= 11 is 0. The van der Waals surface area contributed by atoms with E-state index in [9.17, 15) is 4.79 Å². The number of nitrogens with one attached hydrogen (secondary N) is 1. The normalized spacial score (nSPS) is 16.4. The Balaban J connectivity index is 1.21. The van der Waals surface area contributed by atoms with Gasteiger partial charge in [-0.25, -0.2) is 4.98 Å². The summed E-state index contributed by atoms with van der Waals surface area (Å²) in [5.74, 6) is 0.407. The molecule has 0 unspecified atom stereocenters. The van der Waals surface area contributed by atoms with Crippen molar-refractivity contribution < 1.29 is 4.79 Å². The number of rotatable bonds is 6. The summed E-state index contributed by atoms with van der Waals surface area (Å²) in [6.07, 6.45) is 10.1. The van der Waals surface area contributed by atoms with Crippen molar-refractivity contribution in [3.05, 3.63) is 72.2 Å². The van der Waals surface area contributed by atoms with Gasteiger partial charge in [0, 0.05) is 55.1 Å². The Hall–Kier alpha value is -3.71. The van der Waals surface area contributed by atoms with E-state index in [4.69, 9.17) is 0 Å². The van der Waals surface area contributed by atoms with Crippen LogP contribution in [-0.2, 0) is 13.6 Å². The number of anilines is 2. The van der Waals surface area contributed by atoms with Crippen molar-refractivity contribution in [2.24, 2.45) is 7.05 Å². The smallest absolute Gasteiger partial charge is 0.256 e. The summed E-state index contributed by atoms with van der Waals surface area (Å²) in [7, 11) is 2.03. The molecule has 1 amide bonds. The molecule has 37 heavy (non-hydrogen) atoms. The van der Waals surface area contributed by atoms with E-state index in [0.29, 0.717) is 11.4 Å². The van der Waals surface area contributed by atoms with E-state index in [0.717, 1.165) is 54.6 Å². The maximum atomic E-state index is 12.9. The highest BCUT2D eigenvalue weighted by atomic mass is 16.1. The first-order chi connectivity index (χ1) is 18.1. The zero-order valence-corrected chi connectivity index (χ0v) is 21.5. The molecule has 7 nitrogen and oxygen atoms in total. The molecule has 6 rings (SSSR count). The molecule has 2 fully saturated rings. The average molecular weight is 495 g/mol. The Kier molecular flexibility index (Phi) is 6.62. The molecule has 2 aliphatic rings. The maximum Gasteiger partial charge on any atom is 0.256 e. The number of benzene rings is 2. The fourth-order valence-electron chi connectivity index (χ4n) is 5.59. The van der Waals surface area contributed by atoms with Crippen molar-refractivity contribution >= 4 is 28.2 Å². The highest BCUT2D eigenvalue weighted by molar-refractivity contribution is 6.04. The van der Waals surface area contributed by atoms with Gasteiger partial charge in [0.1, 0.15) is 5.82 Å². The van der Waals surface area contributed by atoms with Gasteiger partial charge in [0.05, 0.1) is 11.9 Å². The highest BCUT2D eigenvalue weighted by Crippen LogP contribution is 2.29. The first-order valence-corrected chi connectivity index (χ1v) is 13.4. The number of aryl methyl sites for hydroxylation is 1. The molecule has 4 heterocycles. The molecule has 2 aliphatic heterocycles. The first kappa shape index (κ1) is 23.7. The molecule has 0 spiro atoms. The number of carbonyl (C=O) groups is 1. The van der Waals surface area contributed by atoms with Crippen LogP contribution in [0.5, 0.6) is 0 Å². The lowest BCUT2D eigenvalue weighted by Gasteiger charge is -2.26. The minimum Gasteiger partial charge on any atom is -0.372 e. The monoisotopic (exact) mass is 494 g/mol. The highest BCUT2D eigenvalue weighted by Gasteiger charge is 2.18. The predicted molar refractivity (Wildman–Crippen MR) is 149 cm³/mol. The van der Waals surface area contributed by atoms with Gasteiger partial charge in [0.25, 0.3) is 5.91 Å². The minimum atomic E-state index is -0.146. The molecular weight excluding hydrogens is 460 g/mol. The van der Waals surface area contributed by atoms with Crippen LogP contribution in [0.25, 0.3) is 21.9 Å². The van der Waals surface area contributed by atoms with Crippen LogP contribution in [-0.4, -0.2) is 51.8 Å². The predicted octanol–water partition coefficient (Wildman–Crippen LogP) is 5.47. The van der Waals surface area contributed by atoms with Crippen LogP contribution in [0.1, 0.15) is 48.2 Å². The van der Waals surface area contributed by atoms with Crippen molar-refractivity contribution in [1.29, 1.82) is 0 Å². The number of amides is 1. The Morgan fingerprint density at radius 2 is 1.62 bits per heavy atom. The van der Waals surface area contributed by atoms with Crippen LogP contribution in [0.4, 0.5) is 11.5 Å².